The highest BCUT2D eigenvalue weighted by Crippen LogP contribution is 2.24. The van der Waals surface area contributed by atoms with Gasteiger partial charge in [0.1, 0.15) is 0 Å². The highest BCUT2D eigenvalue weighted by molar-refractivity contribution is 5.93. The van der Waals surface area contributed by atoms with Crippen molar-refractivity contribution in [2.24, 2.45) is 11.3 Å². The van der Waals surface area contributed by atoms with E-state index in [2.05, 4.69) is 38.3 Å². The van der Waals surface area contributed by atoms with Gasteiger partial charge in [0.15, 0.2) is 0 Å². The van der Waals surface area contributed by atoms with Crippen molar-refractivity contribution in [3.05, 3.63) is 24.3 Å². The maximum atomic E-state index is 12.0. The summed E-state index contributed by atoms with van der Waals surface area (Å²) in [4.78, 5) is 24.9. The van der Waals surface area contributed by atoms with Crippen LogP contribution in [0.15, 0.2) is 24.3 Å². The fraction of sp³-hybridized carbons (Fsp3) is 0.529. The minimum Gasteiger partial charge on any atom is -0.337 e. The van der Waals surface area contributed by atoms with Crippen LogP contribution in [0, 0.1) is 11.3 Å². The molecule has 122 valence electrons. The zero-order chi connectivity index (χ0) is 16.9. The fourth-order valence-corrected chi connectivity index (χ4v) is 1.66. The number of nitrogens with zero attached hydrogens (tertiary/aromatic N) is 1. The topological polar surface area (TPSA) is 61.4 Å². The van der Waals surface area contributed by atoms with Gasteiger partial charge in [-0.3, -0.25) is 4.79 Å². The van der Waals surface area contributed by atoms with Gasteiger partial charge in [-0.1, -0.05) is 33.8 Å². The van der Waals surface area contributed by atoms with E-state index in [1.54, 1.807) is 19.2 Å². The summed E-state index contributed by atoms with van der Waals surface area (Å²) in [6.45, 7) is 10.6. The van der Waals surface area contributed by atoms with Crippen molar-refractivity contribution in [3.63, 3.8) is 0 Å². The number of carbonyl (C=O) groups is 2. The largest absolute Gasteiger partial charge is 0.337 e. The molecule has 1 rings (SSSR count). The van der Waals surface area contributed by atoms with Crippen LogP contribution in [0.25, 0.3) is 0 Å². The van der Waals surface area contributed by atoms with Crippen LogP contribution >= 0.6 is 0 Å². The van der Waals surface area contributed by atoms with Crippen LogP contribution in [0.5, 0.6) is 0 Å². The van der Waals surface area contributed by atoms with Crippen LogP contribution in [-0.4, -0.2) is 25.5 Å². The number of benzene rings is 1. The number of anilines is 2. The van der Waals surface area contributed by atoms with Crippen LogP contribution in [0.3, 0.4) is 0 Å². The van der Waals surface area contributed by atoms with Crippen LogP contribution in [0.4, 0.5) is 16.2 Å². The molecule has 0 atom stereocenters. The first-order valence-corrected chi connectivity index (χ1v) is 7.52. The van der Waals surface area contributed by atoms with Gasteiger partial charge in [-0.15, -0.1) is 0 Å². The van der Waals surface area contributed by atoms with Gasteiger partial charge >= 0.3 is 6.03 Å². The van der Waals surface area contributed by atoms with Crippen molar-refractivity contribution in [2.75, 3.05) is 23.8 Å². The minimum absolute atomic E-state index is 0.0357. The highest BCUT2D eigenvalue weighted by atomic mass is 16.2. The molecule has 3 amide bonds. The Kier molecular flexibility index (Phi) is 5.97. The summed E-state index contributed by atoms with van der Waals surface area (Å²) in [7, 11) is 1.70. The molecule has 0 fully saturated rings. The molecule has 1 aromatic carbocycles. The van der Waals surface area contributed by atoms with Gasteiger partial charge in [0.2, 0.25) is 5.91 Å². The van der Waals surface area contributed by atoms with Gasteiger partial charge in [-0.2, -0.15) is 0 Å². The van der Waals surface area contributed by atoms with Crippen molar-refractivity contribution >= 4 is 23.3 Å². The first kappa shape index (κ1) is 18.0. The Labute approximate surface area is 133 Å². The second-order valence-corrected chi connectivity index (χ2v) is 6.58. The molecule has 0 heterocycles. The first-order chi connectivity index (χ1) is 10.1. The molecule has 5 nitrogen and oxygen atoms in total. The average molecular weight is 305 g/mol. The summed E-state index contributed by atoms with van der Waals surface area (Å²) in [5.74, 6) is 0.417. The van der Waals surface area contributed by atoms with Crippen molar-refractivity contribution in [2.45, 2.75) is 34.6 Å². The van der Waals surface area contributed by atoms with E-state index in [9.17, 15) is 9.59 Å². The molecule has 5 heteroatoms. The summed E-state index contributed by atoms with van der Waals surface area (Å²) in [6.07, 6.45) is 0. The van der Waals surface area contributed by atoms with E-state index in [1.165, 1.54) is 11.8 Å². The summed E-state index contributed by atoms with van der Waals surface area (Å²) in [5.41, 5.74) is 1.44. The summed E-state index contributed by atoms with van der Waals surface area (Å²) in [6, 6.07) is 6.96. The Bertz CT molecular complexity index is 538. The van der Waals surface area contributed by atoms with E-state index in [0.29, 0.717) is 18.2 Å². The molecule has 0 aliphatic heterocycles. The van der Waals surface area contributed by atoms with E-state index in [1.807, 2.05) is 12.1 Å². The molecule has 0 spiro atoms. The Morgan fingerprint density at radius 3 is 2.45 bits per heavy atom. The van der Waals surface area contributed by atoms with Crippen LogP contribution in [0.1, 0.15) is 34.6 Å². The third-order valence-electron chi connectivity index (χ3n) is 4.23. The summed E-state index contributed by atoms with van der Waals surface area (Å²) in [5, 5.41) is 5.69. The molecule has 0 saturated heterocycles. The smallest absolute Gasteiger partial charge is 0.319 e. The second-order valence-electron chi connectivity index (χ2n) is 6.58. The molecular weight excluding hydrogens is 278 g/mol. The zero-order valence-corrected chi connectivity index (χ0v) is 14.4. The predicted octanol–water partition coefficient (Wildman–Crippen LogP) is 3.47. The molecule has 2 N–H and O–H groups in total. The Hall–Kier alpha value is -2.04. The quantitative estimate of drug-likeness (QED) is 0.875. The molecule has 0 aliphatic rings. The summed E-state index contributed by atoms with van der Waals surface area (Å²) < 4.78 is 0. The van der Waals surface area contributed by atoms with E-state index in [0.717, 1.165) is 5.69 Å². The third kappa shape index (κ3) is 5.06. The van der Waals surface area contributed by atoms with Gasteiger partial charge in [-0.05, 0) is 29.5 Å². The standard InChI is InChI=1S/C17H27N3O2/c1-12(2)17(4,5)11-18-16(22)19-14-8-7-9-15(10-14)20(6)13(3)21/h7-10,12H,11H2,1-6H3,(H2,18,19,22). The SMILES string of the molecule is CC(=O)N(C)c1cccc(NC(=O)NCC(C)(C)C(C)C)c1. The number of nitrogens with one attached hydrogen (secondary N) is 2. The van der Waals surface area contributed by atoms with Gasteiger partial charge in [0, 0.05) is 31.9 Å². The normalized spacial score (nSPS) is 11.2. The van der Waals surface area contributed by atoms with Gasteiger partial charge < -0.3 is 15.5 Å². The van der Waals surface area contributed by atoms with E-state index >= 15 is 0 Å². The Balaban J connectivity index is 2.66. The summed E-state index contributed by atoms with van der Waals surface area (Å²) >= 11 is 0. The lowest BCUT2D eigenvalue weighted by atomic mass is 9.81. The van der Waals surface area contributed by atoms with E-state index in [4.69, 9.17) is 0 Å². The molecule has 22 heavy (non-hydrogen) atoms. The molecule has 0 bridgehead atoms. The van der Waals surface area contributed by atoms with Crippen LogP contribution in [0.2, 0.25) is 0 Å². The predicted molar refractivity (Wildman–Crippen MR) is 91.2 cm³/mol. The number of hydrogen-bond acceptors (Lipinski definition) is 2. The Morgan fingerprint density at radius 2 is 1.91 bits per heavy atom. The van der Waals surface area contributed by atoms with Crippen LogP contribution < -0.4 is 15.5 Å². The van der Waals surface area contributed by atoms with Crippen molar-refractivity contribution in [1.82, 2.24) is 5.32 Å². The highest BCUT2D eigenvalue weighted by Gasteiger charge is 2.22. The van der Waals surface area contributed by atoms with Gasteiger partial charge in [0.05, 0.1) is 0 Å². The second kappa shape index (κ2) is 7.29. The number of urea groups is 1. The lowest BCUT2D eigenvalue weighted by Crippen LogP contribution is -2.39. The molecule has 0 saturated carbocycles. The Morgan fingerprint density at radius 1 is 1.27 bits per heavy atom. The average Bonchev–Trinajstić information content (AvgIpc) is 2.44. The van der Waals surface area contributed by atoms with E-state index in [-0.39, 0.29) is 17.4 Å². The van der Waals surface area contributed by atoms with Crippen LogP contribution in [-0.2, 0) is 4.79 Å². The maximum absolute atomic E-state index is 12.0. The minimum atomic E-state index is -0.239. The number of hydrogen-bond donors (Lipinski definition) is 2. The monoisotopic (exact) mass is 305 g/mol. The van der Waals surface area contributed by atoms with Crippen molar-refractivity contribution < 1.29 is 9.59 Å². The molecule has 0 radical (unpaired) electrons. The number of carbonyl (C=O) groups excluding carboxylic acids is 2. The molecule has 0 aliphatic carbocycles. The fourth-order valence-electron chi connectivity index (χ4n) is 1.66. The number of rotatable bonds is 5. The zero-order valence-electron chi connectivity index (χ0n) is 14.4. The lowest BCUT2D eigenvalue weighted by Gasteiger charge is -2.29. The van der Waals surface area contributed by atoms with Gasteiger partial charge in [-0.25, -0.2) is 4.79 Å². The van der Waals surface area contributed by atoms with Crippen molar-refractivity contribution in [1.29, 1.82) is 0 Å². The van der Waals surface area contributed by atoms with Crippen molar-refractivity contribution in [3.8, 4) is 0 Å². The lowest BCUT2D eigenvalue weighted by molar-refractivity contribution is -0.116. The number of amides is 3. The molecular formula is C17H27N3O2. The molecule has 1 aromatic rings. The third-order valence-corrected chi connectivity index (χ3v) is 4.23. The molecule has 0 unspecified atom stereocenters. The first-order valence-electron chi connectivity index (χ1n) is 7.52. The molecule has 0 aromatic heterocycles. The van der Waals surface area contributed by atoms with Gasteiger partial charge in [0.25, 0.3) is 0 Å². The maximum Gasteiger partial charge on any atom is 0.319 e. The van der Waals surface area contributed by atoms with E-state index < -0.39 is 0 Å².